The van der Waals surface area contributed by atoms with Gasteiger partial charge >= 0.3 is 0 Å². The van der Waals surface area contributed by atoms with Crippen LogP contribution in [0.15, 0.2) is 12.1 Å². The fraction of sp³-hybridized carbons (Fsp3) is 0.545. The second-order valence-corrected chi connectivity index (χ2v) is 5.75. The summed E-state index contributed by atoms with van der Waals surface area (Å²) in [6.45, 7) is 3.00. The lowest BCUT2D eigenvalue weighted by Gasteiger charge is -2.20. The van der Waals surface area contributed by atoms with Gasteiger partial charge in [0, 0.05) is 22.7 Å². The average molecular weight is 256 g/mol. The number of thioether (sulfide) groups is 1. The smallest absolute Gasteiger partial charge is 0.110 e. The Balaban J connectivity index is 2.42. The molecule has 0 aromatic carbocycles. The Labute approximate surface area is 104 Å². The molecule has 0 amide bonds. The highest BCUT2D eigenvalue weighted by Crippen LogP contribution is 2.16. The Morgan fingerprint density at radius 3 is 2.88 bits per heavy atom. The summed E-state index contributed by atoms with van der Waals surface area (Å²) in [5.74, 6) is 0. The van der Waals surface area contributed by atoms with Crippen LogP contribution in [0.4, 0.5) is 0 Å². The van der Waals surface area contributed by atoms with Crippen molar-refractivity contribution in [1.82, 2.24) is 5.32 Å². The topological polar surface area (TPSA) is 56.0 Å². The fourth-order valence-electron chi connectivity index (χ4n) is 1.36. The summed E-state index contributed by atoms with van der Waals surface area (Å²) < 4.78 is 0. The number of nitrogens with one attached hydrogen (secondary N) is 1. The quantitative estimate of drug-likeness (QED) is 0.815. The Hall–Kier alpha value is -0.540. The SMILES string of the molecule is CSC(CO)C(C)NCc1ccc(C#N)s1. The zero-order valence-corrected chi connectivity index (χ0v) is 11.1. The second kappa shape index (κ2) is 6.92. The number of hydrogen-bond acceptors (Lipinski definition) is 5. The van der Waals surface area contributed by atoms with Crippen LogP contribution in [0.5, 0.6) is 0 Å². The summed E-state index contributed by atoms with van der Waals surface area (Å²) in [5.41, 5.74) is 0. The number of nitriles is 1. The van der Waals surface area contributed by atoms with E-state index >= 15 is 0 Å². The molecule has 0 aliphatic carbocycles. The third kappa shape index (κ3) is 3.80. The first-order valence-electron chi connectivity index (χ1n) is 5.07. The maximum absolute atomic E-state index is 9.13. The van der Waals surface area contributed by atoms with E-state index in [9.17, 15) is 0 Å². The number of rotatable bonds is 6. The molecule has 16 heavy (non-hydrogen) atoms. The van der Waals surface area contributed by atoms with Gasteiger partial charge in [0.15, 0.2) is 0 Å². The molecule has 1 aromatic rings. The Morgan fingerprint density at radius 2 is 2.38 bits per heavy atom. The molecule has 2 unspecified atom stereocenters. The molecule has 2 atom stereocenters. The van der Waals surface area contributed by atoms with Crippen molar-refractivity contribution in [3.8, 4) is 6.07 Å². The molecule has 0 spiro atoms. The van der Waals surface area contributed by atoms with Gasteiger partial charge in [-0.25, -0.2) is 0 Å². The van der Waals surface area contributed by atoms with E-state index in [2.05, 4.69) is 18.3 Å². The van der Waals surface area contributed by atoms with Crippen LogP contribution >= 0.6 is 23.1 Å². The number of nitrogens with zero attached hydrogens (tertiary/aromatic N) is 1. The molecule has 0 aliphatic heterocycles. The number of hydrogen-bond donors (Lipinski definition) is 2. The van der Waals surface area contributed by atoms with Crippen LogP contribution in [0.25, 0.3) is 0 Å². The van der Waals surface area contributed by atoms with Gasteiger partial charge < -0.3 is 10.4 Å². The van der Waals surface area contributed by atoms with E-state index in [0.717, 1.165) is 16.3 Å². The Morgan fingerprint density at radius 1 is 1.62 bits per heavy atom. The van der Waals surface area contributed by atoms with Crippen molar-refractivity contribution in [2.75, 3.05) is 12.9 Å². The molecule has 0 radical (unpaired) electrons. The third-order valence-corrected chi connectivity index (χ3v) is 4.56. The van der Waals surface area contributed by atoms with Crippen molar-refractivity contribution in [3.63, 3.8) is 0 Å². The van der Waals surface area contributed by atoms with E-state index in [1.54, 1.807) is 11.8 Å². The van der Waals surface area contributed by atoms with E-state index in [-0.39, 0.29) is 17.9 Å². The third-order valence-electron chi connectivity index (χ3n) is 2.41. The van der Waals surface area contributed by atoms with Crippen molar-refractivity contribution in [3.05, 3.63) is 21.9 Å². The molecule has 0 saturated heterocycles. The van der Waals surface area contributed by atoms with Gasteiger partial charge in [-0.2, -0.15) is 17.0 Å². The predicted octanol–water partition coefficient (Wildman–Crippen LogP) is 1.82. The van der Waals surface area contributed by atoms with E-state index in [1.165, 1.54) is 11.3 Å². The molecule has 3 nitrogen and oxygen atoms in total. The fourth-order valence-corrected chi connectivity index (χ4v) is 2.77. The first-order valence-corrected chi connectivity index (χ1v) is 7.17. The molecule has 0 bridgehead atoms. The lowest BCUT2D eigenvalue weighted by molar-refractivity contribution is 0.276. The minimum atomic E-state index is 0.184. The van der Waals surface area contributed by atoms with Crippen LogP contribution < -0.4 is 5.32 Å². The van der Waals surface area contributed by atoms with Crippen molar-refractivity contribution in [1.29, 1.82) is 5.26 Å². The normalized spacial score (nSPS) is 14.4. The lowest BCUT2D eigenvalue weighted by atomic mass is 10.2. The maximum atomic E-state index is 9.13. The van der Waals surface area contributed by atoms with Crippen molar-refractivity contribution < 1.29 is 5.11 Å². The zero-order valence-electron chi connectivity index (χ0n) is 9.43. The number of aliphatic hydroxyl groups is 1. The van der Waals surface area contributed by atoms with E-state index < -0.39 is 0 Å². The van der Waals surface area contributed by atoms with Gasteiger partial charge in [-0.1, -0.05) is 0 Å². The summed E-state index contributed by atoms with van der Waals surface area (Å²) in [4.78, 5) is 1.90. The molecule has 2 N–H and O–H groups in total. The van der Waals surface area contributed by atoms with Gasteiger partial charge in [0.1, 0.15) is 10.9 Å². The summed E-state index contributed by atoms with van der Waals surface area (Å²) in [6.07, 6.45) is 2.00. The molecule has 1 rings (SSSR count). The molecular weight excluding hydrogens is 240 g/mol. The van der Waals surface area contributed by atoms with Gasteiger partial charge in [0.05, 0.1) is 6.61 Å². The van der Waals surface area contributed by atoms with Crippen LogP contribution in [0, 0.1) is 11.3 Å². The first-order chi connectivity index (χ1) is 7.71. The summed E-state index contributed by atoms with van der Waals surface area (Å²) in [5, 5.41) is 21.4. The summed E-state index contributed by atoms with van der Waals surface area (Å²) in [7, 11) is 0. The van der Waals surface area contributed by atoms with Gasteiger partial charge in [-0.3, -0.25) is 0 Å². The maximum Gasteiger partial charge on any atom is 0.110 e. The van der Waals surface area contributed by atoms with Crippen molar-refractivity contribution in [2.45, 2.75) is 24.8 Å². The Kier molecular flexibility index (Phi) is 5.85. The summed E-state index contributed by atoms with van der Waals surface area (Å²) >= 11 is 3.17. The lowest BCUT2D eigenvalue weighted by Crippen LogP contribution is -2.36. The minimum Gasteiger partial charge on any atom is -0.395 e. The molecule has 5 heteroatoms. The van der Waals surface area contributed by atoms with Crippen LogP contribution in [0.3, 0.4) is 0 Å². The van der Waals surface area contributed by atoms with Crippen molar-refractivity contribution in [2.24, 2.45) is 0 Å². The minimum absolute atomic E-state index is 0.184. The highest BCUT2D eigenvalue weighted by molar-refractivity contribution is 7.99. The molecule has 0 saturated carbocycles. The van der Waals surface area contributed by atoms with Gasteiger partial charge in [0.2, 0.25) is 0 Å². The van der Waals surface area contributed by atoms with Gasteiger partial charge in [-0.15, -0.1) is 11.3 Å². The van der Waals surface area contributed by atoms with E-state index in [1.807, 2.05) is 18.4 Å². The molecule has 0 aliphatic rings. The van der Waals surface area contributed by atoms with Crippen LogP contribution in [-0.4, -0.2) is 29.3 Å². The largest absolute Gasteiger partial charge is 0.395 e. The molecule has 0 fully saturated rings. The number of thiophene rings is 1. The second-order valence-electron chi connectivity index (χ2n) is 3.50. The van der Waals surface area contributed by atoms with Crippen LogP contribution in [-0.2, 0) is 6.54 Å². The highest BCUT2D eigenvalue weighted by atomic mass is 32.2. The van der Waals surface area contributed by atoms with Gasteiger partial charge in [-0.05, 0) is 25.3 Å². The molecule has 88 valence electrons. The van der Waals surface area contributed by atoms with Crippen LogP contribution in [0.2, 0.25) is 0 Å². The molecule has 1 heterocycles. The number of aliphatic hydroxyl groups excluding tert-OH is 1. The highest BCUT2D eigenvalue weighted by Gasteiger charge is 2.14. The zero-order chi connectivity index (χ0) is 12.0. The average Bonchev–Trinajstić information content (AvgIpc) is 2.76. The standard InChI is InChI=1S/C11H16N2OS2/c1-8(11(7-14)15-2)13-6-10-4-3-9(5-12)16-10/h3-4,8,11,13-14H,6-7H2,1-2H3. The first kappa shape index (κ1) is 13.5. The van der Waals surface area contributed by atoms with Crippen molar-refractivity contribution >= 4 is 23.1 Å². The Bertz CT molecular complexity index is 355. The summed E-state index contributed by atoms with van der Waals surface area (Å²) in [6, 6.07) is 6.19. The van der Waals surface area contributed by atoms with E-state index in [0.29, 0.717) is 0 Å². The van der Waals surface area contributed by atoms with Gasteiger partial charge in [0.25, 0.3) is 0 Å². The monoisotopic (exact) mass is 256 g/mol. The van der Waals surface area contributed by atoms with E-state index in [4.69, 9.17) is 10.4 Å². The predicted molar refractivity (Wildman–Crippen MR) is 69.7 cm³/mol. The molecule has 1 aromatic heterocycles. The molecular formula is C11H16N2OS2. The van der Waals surface area contributed by atoms with Crippen LogP contribution in [0.1, 0.15) is 16.7 Å².